The van der Waals surface area contributed by atoms with Crippen molar-refractivity contribution in [2.75, 3.05) is 13.2 Å². The van der Waals surface area contributed by atoms with Crippen LogP contribution in [0, 0.1) is 23.7 Å². The molecule has 0 heterocycles. The third-order valence-electron chi connectivity index (χ3n) is 7.81. The smallest absolute Gasteiger partial charge is 0.119 e. The number of hydrogen-bond donors (Lipinski definition) is 0. The van der Waals surface area contributed by atoms with E-state index in [1.165, 1.54) is 89.9 Å². The molecular weight excluding hydrogens is 368 g/mol. The van der Waals surface area contributed by atoms with Crippen molar-refractivity contribution in [3.8, 4) is 11.5 Å². The highest BCUT2D eigenvalue weighted by molar-refractivity contribution is 5.31. The van der Waals surface area contributed by atoms with Gasteiger partial charge in [0.2, 0.25) is 0 Å². The first-order chi connectivity index (χ1) is 14.8. The average Bonchev–Trinajstić information content (AvgIpc) is 2.81. The highest BCUT2D eigenvalue weighted by atomic mass is 16.5. The second-order valence-corrected chi connectivity index (χ2v) is 10.1. The second-order valence-electron chi connectivity index (χ2n) is 10.1. The van der Waals surface area contributed by atoms with Gasteiger partial charge in [0.05, 0.1) is 13.2 Å². The minimum atomic E-state index is 0.741. The van der Waals surface area contributed by atoms with Crippen LogP contribution in [0.3, 0.4) is 0 Å². The van der Waals surface area contributed by atoms with E-state index in [0.29, 0.717) is 0 Å². The van der Waals surface area contributed by atoms with Crippen molar-refractivity contribution in [1.82, 2.24) is 0 Å². The van der Waals surface area contributed by atoms with Crippen molar-refractivity contribution in [2.45, 2.75) is 104 Å². The van der Waals surface area contributed by atoms with Crippen molar-refractivity contribution in [3.05, 3.63) is 24.3 Å². The number of rotatable bonds is 12. The van der Waals surface area contributed by atoms with Crippen LogP contribution in [0.1, 0.15) is 104 Å². The molecule has 0 unspecified atom stereocenters. The summed E-state index contributed by atoms with van der Waals surface area (Å²) in [5.74, 6) is 5.62. The zero-order chi connectivity index (χ0) is 21.0. The largest absolute Gasteiger partial charge is 0.494 e. The van der Waals surface area contributed by atoms with Gasteiger partial charge in [0, 0.05) is 0 Å². The highest BCUT2D eigenvalue weighted by Crippen LogP contribution is 2.34. The third-order valence-corrected chi connectivity index (χ3v) is 7.81. The van der Waals surface area contributed by atoms with Gasteiger partial charge in [-0.25, -0.2) is 0 Å². The maximum absolute atomic E-state index is 6.05. The van der Waals surface area contributed by atoms with E-state index < -0.39 is 0 Å². The van der Waals surface area contributed by atoms with Gasteiger partial charge in [0.25, 0.3) is 0 Å². The fourth-order valence-corrected chi connectivity index (χ4v) is 5.52. The molecule has 0 N–H and O–H groups in total. The monoisotopic (exact) mass is 414 g/mol. The number of unbranched alkanes of at least 4 members (excludes halogenated alkanes) is 1. The molecule has 0 radical (unpaired) electrons. The lowest BCUT2D eigenvalue weighted by molar-refractivity contribution is 0.181. The third kappa shape index (κ3) is 8.16. The highest BCUT2D eigenvalue weighted by Gasteiger charge is 2.21. The van der Waals surface area contributed by atoms with E-state index in [9.17, 15) is 0 Å². The van der Waals surface area contributed by atoms with Crippen molar-refractivity contribution in [1.29, 1.82) is 0 Å². The molecule has 0 amide bonds. The summed E-state index contributed by atoms with van der Waals surface area (Å²) in [6.45, 7) is 6.35. The van der Waals surface area contributed by atoms with Crippen LogP contribution in [-0.4, -0.2) is 13.2 Å². The first-order valence-corrected chi connectivity index (χ1v) is 13.1. The van der Waals surface area contributed by atoms with Gasteiger partial charge in [0.1, 0.15) is 11.5 Å². The van der Waals surface area contributed by atoms with Crippen LogP contribution >= 0.6 is 0 Å². The second kappa shape index (κ2) is 13.3. The van der Waals surface area contributed by atoms with E-state index in [1.807, 2.05) is 0 Å². The number of hydrogen-bond acceptors (Lipinski definition) is 2. The zero-order valence-electron chi connectivity index (χ0n) is 19.7. The van der Waals surface area contributed by atoms with Crippen LogP contribution in [0.4, 0.5) is 0 Å². The zero-order valence-corrected chi connectivity index (χ0v) is 19.7. The molecule has 0 aliphatic heterocycles. The minimum absolute atomic E-state index is 0.741. The molecule has 1 aromatic carbocycles. The molecule has 2 aliphatic carbocycles. The molecule has 30 heavy (non-hydrogen) atoms. The lowest BCUT2D eigenvalue weighted by Gasteiger charge is -2.28. The van der Waals surface area contributed by atoms with Crippen molar-refractivity contribution >= 4 is 0 Å². The van der Waals surface area contributed by atoms with Gasteiger partial charge in [0.15, 0.2) is 0 Å². The van der Waals surface area contributed by atoms with E-state index in [4.69, 9.17) is 9.47 Å². The van der Waals surface area contributed by atoms with Gasteiger partial charge in [-0.2, -0.15) is 0 Å². The van der Waals surface area contributed by atoms with Gasteiger partial charge < -0.3 is 9.47 Å². The molecule has 2 fully saturated rings. The molecule has 2 saturated carbocycles. The van der Waals surface area contributed by atoms with E-state index in [-0.39, 0.29) is 0 Å². The van der Waals surface area contributed by atoms with Crippen LogP contribution in [0.25, 0.3) is 0 Å². The van der Waals surface area contributed by atoms with Crippen molar-refractivity contribution in [3.63, 3.8) is 0 Å². The fourth-order valence-electron chi connectivity index (χ4n) is 5.52. The van der Waals surface area contributed by atoms with Crippen molar-refractivity contribution < 1.29 is 9.47 Å². The van der Waals surface area contributed by atoms with Gasteiger partial charge in [-0.05, 0) is 73.6 Å². The van der Waals surface area contributed by atoms with Crippen LogP contribution < -0.4 is 9.47 Å². The molecule has 0 aromatic heterocycles. The Bertz CT molecular complexity index is 551. The lowest BCUT2D eigenvalue weighted by Crippen LogP contribution is -2.19. The molecule has 0 spiro atoms. The summed E-state index contributed by atoms with van der Waals surface area (Å²) in [6.07, 6.45) is 19.4. The molecule has 170 valence electrons. The van der Waals surface area contributed by atoms with Crippen LogP contribution in [-0.2, 0) is 0 Å². The Balaban J connectivity index is 1.25. The average molecular weight is 415 g/mol. The SMILES string of the molecule is CCCC[C@H]1CC[C@H](CCCOc2ccc(OC[C@H]3CC[C@H](CC)CC3)cc2)CC1. The Morgan fingerprint density at radius 1 is 0.633 bits per heavy atom. The molecule has 3 rings (SSSR count). The Morgan fingerprint density at radius 2 is 1.13 bits per heavy atom. The molecule has 2 nitrogen and oxygen atoms in total. The van der Waals surface area contributed by atoms with Crippen LogP contribution in [0.5, 0.6) is 11.5 Å². The van der Waals surface area contributed by atoms with E-state index in [2.05, 4.69) is 38.1 Å². The number of benzene rings is 1. The maximum atomic E-state index is 6.05. The van der Waals surface area contributed by atoms with Gasteiger partial charge in [-0.1, -0.05) is 78.1 Å². The molecule has 0 saturated heterocycles. The molecule has 0 bridgehead atoms. The topological polar surface area (TPSA) is 18.5 Å². The van der Waals surface area contributed by atoms with Gasteiger partial charge in [-0.15, -0.1) is 0 Å². The standard InChI is InChI=1S/C28H46O2/c1-3-5-7-24-11-13-25(14-12-24)8-6-21-29-27-17-19-28(20-18-27)30-22-26-15-9-23(4-2)10-16-26/h17-20,23-26H,3-16,21-22H2,1-2H3/t23-,24-,25-,26-. The lowest BCUT2D eigenvalue weighted by atomic mass is 9.78. The summed E-state index contributed by atoms with van der Waals surface area (Å²) in [6, 6.07) is 8.29. The summed E-state index contributed by atoms with van der Waals surface area (Å²) in [4.78, 5) is 0. The van der Waals surface area contributed by atoms with Gasteiger partial charge in [-0.3, -0.25) is 0 Å². The summed E-state index contributed by atoms with van der Waals surface area (Å²) in [5.41, 5.74) is 0. The van der Waals surface area contributed by atoms with E-state index >= 15 is 0 Å². The minimum Gasteiger partial charge on any atom is -0.494 e. The quantitative estimate of drug-likeness (QED) is 0.319. The molecule has 2 heteroatoms. The first-order valence-electron chi connectivity index (χ1n) is 13.1. The first kappa shape index (κ1) is 23.5. The summed E-state index contributed by atoms with van der Waals surface area (Å²) >= 11 is 0. The molecule has 0 atom stereocenters. The maximum Gasteiger partial charge on any atom is 0.119 e. The Morgan fingerprint density at radius 3 is 1.70 bits per heavy atom. The Labute approximate surface area is 186 Å². The normalized spacial score (nSPS) is 27.0. The Hall–Kier alpha value is -1.18. The number of ether oxygens (including phenoxy) is 2. The molecule has 1 aromatic rings. The Kier molecular flexibility index (Phi) is 10.4. The van der Waals surface area contributed by atoms with Crippen LogP contribution in [0.15, 0.2) is 24.3 Å². The summed E-state index contributed by atoms with van der Waals surface area (Å²) < 4.78 is 12.0. The fraction of sp³-hybridized carbons (Fsp3) is 0.786. The molecule has 2 aliphatic rings. The summed E-state index contributed by atoms with van der Waals surface area (Å²) in [5, 5.41) is 0. The molecular formula is C28H46O2. The predicted molar refractivity (Wildman–Crippen MR) is 127 cm³/mol. The van der Waals surface area contributed by atoms with E-state index in [1.54, 1.807) is 0 Å². The van der Waals surface area contributed by atoms with E-state index in [0.717, 1.165) is 48.4 Å². The predicted octanol–water partition coefficient (Wildman–Crippen LogP) is 8.44. The van der Waals surface area contributed by atoms with Gasteiger partial charge >= 0.3 is 0 Å². The summed E-state index contributed by atoms with van der Waals surface area (Å²) in [7, 11) is 0. The van der Waals surface area contributed by atoms with Crippen molar-refractivity contribution in [2.24, 2.45) is 23.7 Å². The van der Waals surface area contributed by atoms with Crippen LogP contribution in [0.2, 0.25) is 0 Å².